The number of methoxy groups -OCH3 is 2. The lowest BCUT2D eigenvalue weighted by Gasteiger charge is -2.10. The Morgan fingerprint density at radius 1 is 1.00 bits per heavy atom. The minimum atomic E-state index is -0.231. The molecule has 1 heterocycles. The van der Waals surface area contributed by atoms with Crippen molar-refractivity contribution >= 4 is 10.9 Å². The fourth-order valence-electron chi connectivity index (χ4n) is 3.16. The number of unbranched alkanes of at least 4 members (excludes halogenated alkanes) is 1. The minimum Gasteiger partial charge on any atom is -0.493 e. The number of nitrogens with two attached hydrogens (primary N) is 1. The number of nitrogens with one attached hydrogen (secondary N) is 1. The molecule has 0 amide bonds. The van der Waals surface area contributed by atoms with E-state index in [1.165, 1.54) is 6.07 Å². The molecule has 0 aliphatic carbocycles. The van der Waals surface area contributed by atoms with Crippen LogP contribution in [0, 0.1) is 5.82 Å². The Morgan fingerprint density at radius 2 is 1.80 bits per heavy atom. The number of ether oxygens (including phenoxy) is 2. The van der Waals surface area contributed by atoms with Crippen LogP contribution in [-0.2, 0) is 6.42 Å². The van der Waals surface area contributed by atoms with Crippen LogP contribution in [0.2, 0.25) is 0 Å². The van der Waals surface area contributed by atoms with E-state index in [1.54, 1.807) is 26.4 Å². The minimum absolute atomic E-state index is 0.231. The fourth-order valence-corrected chi connectivity index (χ4v) is 3.16. The van der Waals surface area contributed by atoms with E-state index in [0.717, 1.165) is 47.0 Å². The third-order valence-electron chi connectivity index (χ3n) is 4.42. The molecule has 1 aromatic heterocycles. The second-order valence-corrected chi connectivity index (χ2v) is 5.98. The van der Waals surface area contributed by atoms with Gasteiger partial charge in [0.2, 0.25) is 0 Å². The number of aromatic amines is 1. The number of fused-ring (bicyclic) bond motifs is 1. The zero-order chi connectivity index (χ0) is 17.8. The van der Waals surface area contributed by atoms with Crippen molar-refractivity contribution in [2.24, 2.45) is 5.73 Å². The van der Waals surface area contributed by atoms with Crippen molar-refractivity contribution in [3.8, 4) is 22.8 Å². The molecule has 132 valence electrons. The predicted molar refractivity (Wildman–Crippen MR) is 98.8 cm³/mol. The number of benzene rings is 2. The standard InChI is InChI=1S/C20H23FN2O2/c1-24-18-9-6-13(11-19(18)25-2)20-15(5-3-4-10-22)16-12-14(21)7-8-17(16)23-20/h6-9,11-12,23H,3-5,10,22H2,1-2H3. The molecule has 5 heteroatoms. The van der Waals surface area contributed by atoms with Gasteiger partial charge in [0, 0.05) is 22.2 Å². The van der Waals surface area contributed by atoms with Crippen LogP contribution in [0.25, 0.3) is 22.2 Å². The van der Waals surface area contributed by atoms with Gasteiger partial charge in [0.15, 0.2) is 11.5 Å². The number of hydrogen-bond donors (Lipinski definition) is 2. The van der Waals surface area contributed by atoms with Gasteiger partial charge in [-0.3, -0.25) is 0 Å². The van der Waals surface area contributed by atoms with Gasteiger partial charge >= 0.3 is 0 Å². The molecule has 0 aliphatic heterocycles. The molecule has 3 N–H and O–H groups in total. The van der Waals surface area contributed by atoms with Crippen LogP contribution in [0.15, 0.2) is 36.4 Å². The van der Waals surface area contributed by atoms with Crippen LogP contribution in [-0.4, -0.2) is 25.7 Å². The monoisotopic (exact) mass is 342 g/mol. The van der Waals surface area contributed by atoms with Crippen molar-refractivity contribution in [2.75, 3.05) is 20.8 Å². The first kappa shape index (κ1) is 17.3. The molecule has 2 aromatic carbocycles. The maximum absolute atomic E-state index is 13.8. The molecule has 0 unspecified atom stereocenters. The summed E-state index contributed by atoms with van der Waals surface area (Å²) >= 11 is 0. The summed E-state index contributed by atoms with van der Waals surface area (Å²) in [4.78, 5) is 3.43. The number of aryl methyl sites for hydroxylation is 1. The molecule has 0 radical (unpaired) electrons. The fraction of sp³-hybridized carbons (Fsp3) is 0.300. The lowest BCUT2D eigenvalue weighted by Crippen LogP contribution is -1.99. The molecule has 0 saturated heterocycles. The summed E-state index contributed by atoms with van der Waals surface area (Å²) in [5.41, 5.74) is 9.63. The zero-order valence-electron chi connectivity index (χ0n) is 14.6. The number of aromatic nitrogens is 1. The Morgan fingerprint density at radius 3 is 2.52 bits per heavy atom. The second-order valence-electron chi connectivity index (χ2n) is 5.98. The molecule has 0 spiro atoms. The van der Waals surface area contributed by atoms with E-state index >= 15 is 0 Å². The second kappa shape index (κ2) is 7.57. The summed E-state index contributed by atoms with van der Waals surface area (Å²) in [6.07, 6.45) is 2.73. The Bertz CT molecular complexity index is 874. The van der Waals surface area contributed by atoms with Crippen LogP contribution in [0.1, 0.15) is 18.4 Å². The largest absolute Gasteiger partial charge is 0.493 e. The highest BCUT2D eigenvalue weighted by Gasteiger charge is 2.15. The van der Waals surface area contributed by atoms with Crippen LogP contribution in [0.5, 0.6) is 11.5 Å². The van der Waals surface area contributed by atoms with E-state index < -0.39 is 0 Å². The lowest BCUT2D eigenvalue weighted by molar-refractivity contribution is 0.355. The van der Waals surface area contributed by atoms with Crippen molar-refractivity contribution in [1.29, 1.82) is 0 Å². The molecule has 0 saturated carbocycles. The van der Waals surface area contributed by atoms with Crippen molar-refractivity contribution in [3.63, 3.8) is 0 Å². The highest BCUT2D eigenvalue weighted by Crippen LogP contribution is 2.36. The van der Waals surface area contributed by atoms with Gasteiger partial charge in [-0.1, -0.05) is 0 Å². The summed E-state index contributed by atoms with van der Waals surface area (Å²) in [6, 6.07) is 10.6. The summed E-state index contributed by atoms with van der Waals surface area (Å²) in [5, 5.41) is 0.918. The molecule has 0 fully saturated rings. The molecular weight excluding hydrogens is 319 g/mol. The molecule has 3 aromatic rings. The maximum Gasteiger partial charge on any atom is 0.161 e. The highest BCUT2D eigenvalue weighted by atomic mass is 19.1. The van der Waals surface area contributed by atoms with Crippen LogP contribution in [0.4, 0.5) is 4.39 Å². The van der Waals surface area contributed by atoms with Gasteiger partial charge in [0.25, 0.3) is 0 Å². The van der Waals surface area contributed by atoms with Crippen molar-refractivity contribution < 1.29 is 13.9 Å². The Balaban J connectivity index is 2.12. The van der Waals surface area contributed by atoms with Gasteiger partial charge < -0.3 is 20.2 Å². The first-order valence-electron chi connectivity index (χ1n) is 8.40. The van der Waals surface area contributed by atoms with Crippen molar-refractivity contribution in [2.45, 2.75) is 19.3 Å². The van der Waals surface area contributed by atoms with Crippen LogP contribution in [0.3, 0.4) is 0 Å². The first-order valence-corrected chi connectivity index (χ1v) is 8.40. The SMILES string of the molecule is COc1ccc(-c2[nH]c3ccc(F)cc3c2CCCCN)cc1OC. The Labute approximate surface area is 146 Å². The number of hydrogen-bond acceptors (Lipinski definition) is 3. The van der Waals surface area contributed by atoms with Gasteiger partial charge in [-0.15, -0.1) is 0 Å². The van der Waals surface area contributed by atoms with E-state index in [9.17, 15) is 4.39 Å². The zero-order valence-corrected chi connectivity index (χ0v) is 14.6. The number of rotatable bonds is 7. The number of H-pyrrole nitrogens is 1. The average molecular weight is 342 g/mol. The molecule has 0 atom stereocenters. The summed E-state index contributed by atoms with van der Waals surface area (Å²) in [5.74, 6) is 1.11. The van der Waals surface area contributed by atoms with Crippen LogP contribution >= 0.6 is 0 Å². The quantitative estimate of drug-likeness (QED) is 0.630. The van der Waals surface area contributed by atoms with E-state index in [0.29, 0.717) is 18.0 Å². The van der Waals surface area contributed by atoms with Gasteiger partial charge in [0.1, 0.15) is 5.82 Å². The van der Waals surface area contributed by atoms with E-state index in [-0.39, 0.29) is 5.82 Å². The van der Waals surface area contributed by atoms with Gasteiger partial charge in [-0.05, 0) is 67.8 Å². The summed E-state index contributed by atoms with van der Waals surface area (Å²) in [7, 11) is 3.23. The molecule has 0 bridgehead atoms. The summed E-state index contributed by atoms with van der Waals surface area (Å²) < 4.78 is 24.5. The molecule has 4 nitrogen and oxygen atoms in total. The van der Waals surface area contributed by atoms with E-state index in [1.807, 2.05) is 18.2 Å². The smallest absolute Gasteiger partial charge is 0.161 e. The van der Waals surface area contributed by atoms with Crippen molar-refractivity contribution in [3.05, 3.63) is 47.8 Å². The summed E-state index contributed by atoms with van der Waals surface area (Å²) in [6.45, 7) is 0.655. The average Bonchev–Trinajstić information content (AvgIpc) is 2.99. The Hall–Kier alpha value is -2.53. The molecular formula is C20H23FN2O2. The highest BCUT2D eigenvalue weighted by molar-refractivity contribution is 5.91. The van der Waals surface area contributed by atoms with Gasteiger partial charge in [0.05, 0.1) is 14.2 Å². The predicted octanol–water partition coefficient (Wildman–Crippen LogP) is 4.27. The third-order valence-corrected chi connectivity index (χ3v) is 4.42. The molecule has 0 aliphatic rings. The van der Waals surface area contributed by atoms with Gasteiger partial charge in [-0.2, -0.15) is 0 Å². The van der Waals surface area contributed by atoms with Gasteiger partial charge in [-0.25, -0.2) is 4.39 Å². The van der Waals surface area contributed by atoms with Crippen molar-refractivity contribution in [1.82, 2.24) is 4.98 Å². The topological polar surface area (TPSA) is 60.3 Å². The first-order chi connectivity index (χ1) is 12.2. The molecule has 25 heavy (non-hydrogen) atoms. The van der Waals surface area contributed by atoms with E-state index in [2.05, 4.69) is 4.98 Å². The van der Waals surface area contributed by atoms with E-state index in [4.69, 9.17) is 15.2 Å². The molecule has 3 rings (SSSR count). The lowest BCUT2D eigenvalue weighted by atomic mass is 10.00. The number of halogens is 1. The normalized spacial score (nSPS) is 11.0. The third kappa shape index (κ3) is 3.46. The van der Waals surface area contributed by atoms with Crippen LogP contribution < -0.4 is 15.2 Å². The maximum atomic E-state index is 13.8. The Kier molecular flexibility index (Phi) is 5.24.